The Morgan fingerprint density at radius 1 is 0.917 bits per heavy atom. The number of amides is 1. The van der Waals surface area contributed by atoms with Crippen molar-refractivity contribution in [1.29, 1.82) is 0 Å². The highest BCUT2D eigenvalue weighted by atomic mass is 35.5. The van der Waals surface area contributed by atoms with Gasteiger partial charge in [-0.1, -0.05) is 48.5 Å². The fourth-order valence-corrected chi connectivity index (χ4v) is 2.26. The first-order valence-electron chi connectivity index (χ1n) is 7.90. The zero-order chi connectivity index (χ0) is 16.5. The van der Waals surface area contributed by atoms with Gasteiger partial charge in [0.1, 0.15) is 0 Å². The van der Waals surface area contributed by atoms with Crippen LogP contribution in [0.15, 0.2) is 60.7 Å². The fourth-order valence-electron chi connectivity index (χ4n) is 2.26. The number of hydrogen-bond donors (Lipinski definition) is 1. The van der Waals surface area contributed by atoms with E-state index in [4.69, 9.17) is 0 Å². The Balaban J connectivity index is 0.00000288. The molecule has 0 spiro atoms. The lowest BCUT2D eigenvalue weighted by Crippen LogP contribution is -2.39. The van der Waals surface area contributed by atoms with E-state index in [2.05, 4.69) is 22.3 Å². The van der Waals surface area contributed by atoms with Crippen molar-refractivity contribution >= 4 is 24.0 Å². The number of carbonyl (C=O) groups excluding carboxylic acids is 1. The van der Waals surface area contributed by atoms with Crippen molar-refractivity contribution in [2.75, 3.05) is 39.0 Å². The molecule has 0 saturated heterocycles. The summed E-state index contributed by atoms with van der Waals surface area (Å²) < 4.78 is 0. The molecule has 2 rings (SSSR count). The van der Waals surface area contributed by atoms with Crippen molar-refractivity contribution in [1.82, 2.24) is 9.80 Å². The highest BCUT2D eigenvalue weighted by Gasteiger charge is 2.14. The minimum Gasteiger partial charge on any atom is -0.376 e. The maximum atomic E-state index is 12.6. The van der Waals surface area contributed by atoms with Gasteiger partial charge in [-0.15, -0.1) is 12.4 Å². The number of para-hydroxylation sites is 1. The van der Waals surface area contributed by atoms with Gasteiger partial charge in [0, 0.05) is 25.3 Å². The molecular formula is C19H26ClN3O. The van der Waals surface area contributed by atoms with Gasteiger partial charge in [-0.25, -0.2) is 0 Å². The third-order valence-corrected chi connectivity index (χ3v) is 3.60. The molecular weight excluding hydrogens is 322 g/mol. The molecule has 0 atom stereocenters. The Labute approximate surface area is 150 Å². The molecule has 0 radical (unpaired) electrons. The molecule has 0 heterocycles. The van der Waals surface area contributed by atoms with E-state index < -0.39 is 0 Å². The first-order chi connectivity index (χ1) is 11.1. The molecule has 2 aromatic rings. The number of hydrogen-bond acceptors (Lipinski definition) is 3. The molecule has 1 N–H and O–H groups in total. The van der Waals surface area contributed by atoms with Crippen LogP contribution in [0, 0.1) is 0 Å². The predicted molar refractivity (Wildman–Crippen MR) is 103 cm³/mol. The average molecular weight is 348 g/mol. The average Bonchev–Trinajstić information content (AvgIpc) is 2.58. The Hall–Kier alpha value is -2.04. The van der Waals surface area contributed by atoms with E-state index in [0.29, 0.717) is 13.1 Å². The maximum absolute atomic E-state index is 12.6. The molecule has 1 amide bonds. The zero-order valence-corrected chi connectivity index (χ0v) is 15.1. The minimum atomic E-state index is 0. The van der Waals surface area contributed by atoms with Crippen LogP contribution >= 0.6 is 12.4 Å². The second kappa shape index (κ2) is 10.7. The van der Waals surface area contributed by atoms with Crippen LogP contribution in [0.4, 0.5) is 5.69 Å². The van der Waals surface area contributed by atoms with Crippen molar-refractivity contribution in [3.63, 3.8) is 0 Å². The SMILES string of the molecule is CN(C)CCN(Cc1ccccc1)C(=O)CNc1ccccc1.Cl. The molecule has 0 aliphatic carbocycles. The van der Waals surface area contributed by atoms with Crippen molar-refractivity contribution in [3.8, 4) is 0 Å². The topological polar surface area (TPSA) is 35.6 Å². The molecule has 0 saturated carbocycles. The van der Waals surface area contributed by atoms with Gasteiger partial charge in [0.2, 0.25) is 5.91 Å². The van der Waals surface area contributed by atoms with Gasteiger partial charge in [0.25, 0.3) is 0 Å². The third-order valence-electron chi connectivity index (χ3n) is 3.60. The molecule has 0 bridgehead atoms. The van der Waals surface area contributed by atoms with E-state index >= 15 is 0 Å². The van der Waals surface area contributed by atoms with E-state index in [0.717, 1.165) is 24.3 Å². The monoisotopic (exact) mass is 347 g/mol. The molecule has 0 fully saturated rings. The van der Waals surface area contributed by atoms with E-state index in [1.165, 1.54) is 0 Å². The Morgan fingerprint density at radius 3 is 2.08 bits per heavy atom. The summed E-state index contributed by atoms with van der Waals surface area (Å²) in [4.78, 5) is 16.6. The summed E-state index contributed by atoms with van der Waals surface area (Å²) in [6, 6.07) is 19.9. The van der Waals surface area contributed by atoms with E-state index in [9.17, 15) is 4.79 Å². The van der Waals surface area contributed by atoms with Crippen molar-refractivity contribution in [2.24, 2.45) is 0 Å². The molecule has 0 aliphatic rings. The molecule has 4 nitrogen and oxygen atoms in total. The van der Waals surface area contributed by atoms with Gasteiger partial charge >= 0.3 is 0 Å². The van der Waals surface area contributed by atoms with Crippen LogP contribution in [0.1, 0.15) is 5.56 Å². The third kappa shape index (κ3) is 7.02. The van der Waals surface area contributed by atoms with Crippen LogP contribution < -0.4 is 5.32 Å². The van der Waals surface area contributed by atoms with Crippen molar-refractivity contribution < 1.29 is 4.79 Å². The summed E-state index contributed by atoms with van der Waals surface area (Å²) in [5, 5.41) is 3.19. The van der Waals surface area contributed by atoms with Crippen LogP contribution in [0.5, 0.6) is 0 Å². The van der Waals surface area contributed by atoms with Crippen LogP contribution in [-0.4, -0.2) is 49.4 Å². The number of benzene rings is 2. The van der Waals surface area contributed by atoms with E-state index in [-0.39, 0.29) is 18.3 Å². The van der Waals surface area contributed by atoms with Crippen LogP contribution in [0.3, 0.4) is 0 Å². The lowest BCUT2D eigenvalue weighted by Gasteiger charge is -2.25. The lowest BCUT2D eigenvalue weighted by atomic mass is 10.2. The van der Waals surface area contributed by atoms with Crippen LogP contribution in [0.25, 0.3) is 0 Å². The maximum Gasteiger partial charge on any atom is 0.242 e. The number of carbonyl (C=O) groups is 1. The normalized spacial score (nSPS) is 10.1. The summed E-state index contributed by atoms with van der Waals surface area (Å²) in [7, 11) is 4.04. The summed E-state index contributed by atoms with van der Waals surface area (Å²) in [5.74, 6) is 0.111. The summed E-state index contributed by atoms with van der Waals surface area (Å²) in [6.45, 7) is 2.52. The fraction of sp³-hybridized carbons (Fsp3) is 0.316. The first-order valence-corrected chi connectivity index (χ1v) is 7.90. The van der Waals surface area contributed by atoms with Gasteiger partial charge in [-0.05, 0) is 31.8 Å². The number of halogens is 1. The van der Waals surface area contributed by atoms with Crippen LogP contribution in [-0.2, 0) is 11.3 Å². The summed E-state index contributed by atoms with van der Waals surface area (Å²) in [6.07, 6.45) is 0. The number of likely N-dealkylation sites (N-methyl/N-ethyl adjacent to an activating group) is 1. The van der Waals surface area contributed by atoms with Gasteiger partial charge in [-0.3, -0.25) is 4.79 Å². The molecule has 0 unspecified atom stereocenters. The standard InChI is InChI=1S/C19H25N3O.ClH/c1-21(2)13-14-22(16-17-9-5-3-6-10-17)19(23)15-20-18-11-7-4-8-12-18;/h3-12,20H,13-16H2,1-2H3;1H. The van der Waals surface area contributed by atoms with Crippen molar-refractivity contribution in [3.05, 3.63) is 66.2 Å². The van der Waals surface area contributed by atoms with E-state index in [1.54, 1.807) is 0 Å². The molecule has 0 aliphatic heterocycles. The Bertz CT molecular complexity index is 590. The summed E-state index contributed by atoms with van der Waals surface area (Å²) in [5.41, 5.74) is 2.12. The first kappa shape index (κ1) is 20.0. The highest BCUT2D eigenvalue weighted by molar-refractivity contribution is 5.85. The van der Waals surface area contributed by atoms with Gasteiger partial charge in [0.15, 0.2) is 0 Å². The van der Waals surface area contributed by atoms with Crippen molar-refractivity contribution in [2.45, 2.75) is 6.54 Å². The van der Waals surface area contributed by atoms with Gasteiger partial charge in [-0.2, -0.15) is 0 Å². The molecule has 5 heteroatoms. The van der Waals surface area contributed by atoms with Gasteiger partial charge in [0.05, 0.1) is 6.54 Å². The second-order valence-electron chi connectivity index (χ2n) is 5.82. The summed E-state index contributed by atoms with van der Waals surface area (Å²) >= 11 is 0. The second-order valence-corrected chi connectivity index (χ2v) is 5.82. The predicted octanol–water partition coefficient (Wildman–Crippen LogP) is 3.11. The Kier molecular flexibility index (Phi) is 8.90. The Morgan fingerprint density at radius 2 is 1.50 bits per heavy atom. The molecule has 0 aromatic heterocycles. The smallest absolute Gasteiger partial charge is 0.242 e. The number of nitrogens with zero attached hydrogens (tertiary/aromatic N) is 2. The lowest BCUT2D eigenvalue weighted by molar-refractivity contribution is -0.130. The van der Waals surface area contributed by atoms with Gasteiger partial charge < -0.3 is 15.1 Å². The minimum absolute atomic E-state index is 0. The largest absolute Gasteiger partial charge is 0.376 e. The van der Waals surface area contributed by atoms with Crippen LogP contribution in [0.2, 0.25) is 0 Å². The zero-order valence-electron chi connectivity index (χ0n) is 14.3. The molecule has 24 heavy (non-hydrogen) atoms. The molecule has 2 aromatic carbocycles. The van der Waals surface area contributed by atoms with E-state index in [1.807, 2.05) is 67.5 Å². The molecule has 130 valence electrons. The number of rotatable bonds is 8. The number of anilines is 1. The highest BCUT2D eigenvalue weighted by Crippen LogP contribution is 2.07. The number of nitrogens with one attached hydrogen (secondary N) is 1. The quantitative estimate of drug-likeness (QED) is 0.797.